The van der Waals surface area contributed by atoms with Crippen molar-refractivity contribution < 1.29 is 27.8 Å². The number of rotatable bonds is 7. The van der Waals surface area contributed by atoms with Gasteiger partial charge in [0, 0.05) is 23.7 Å². The molecule has 1 N–H and O–H groups in total. The minimum absolute atomic E-state index is 0.102. The lowest BCUT2D eigenvalue weighted by molar-refractivity contribution is 0.0995. The molecule has 0 saturated carbocycles. The SMILES string of the molecule is COc1ccc(OC)c(Cc2ccc(C(=O)Nc3ccc(OC)c(F)c3)o2)c1. The van der Waals surface area contributed by atoms with Crippen LogP contribution in [0.3, 0.4) is 0 Å². The first kappa shape index (κ1) is 19.3. The van der Waals surface area contributed by atoms with Crippen LogP contribution < -0.4 is 19.5 Å². The van der Waals surface area contributed by atoms with Crippen molar-refractivity contribution in [3.63, 3.8) is 0 Å². The Balaban J connectivity index is 1.73. The Labute approximate surface area is 161 Å². The van der Waals surface area contributed by atoms with E-state index in [4.69, 9.17) is 18.6 Å². The number of benzene rings is 2. The number of methoxy groups -OCH3 is 3. The van der Waals surface area contributed by atoms with Crippen LogP contribution in [0.5, 0.6) is 17.2 Å². The van der Waals surface area contributed by atoms with Gasteiger partial charge in [-0.25, -0.2) is 4.39 Å². The summed E-state index contributed by atoms with van der Waals surface area (Å²) >= 11 is 0. The molecule has 0 aliphatic carbocycles. The van der Waals surface area contributed by atoms with E-state index in [0.717, 1.165) is 5.56 Å². The van der Waals surface area contributed by atoms with Gasteiger partial charge in [0.25, 0.3) is 5.91 Å². The lowest BCUT2D eigenvalue weighted by Gasteiger charge is -2.09. The van der Waals surface area contributed by atoms with Gasteiger partial charge in [-0.1, -0.05) is 0 Å². The van der Waals surface area contributed by atoms with Crippen molar-refractivity contribution in [3.8, 4) is 17.2 Å². The maximum atomic E-state index is 13.8. The second-order valence-corrected chi connectivity index (χ2v) is 5.92. The van der Waals surface area contributed by atoms with Crippen molar-refractivity contribution in [1.82, 2.24) is 0 Å². The van der Waals surface area contributed by atoms with Crippen molar-refractivity contribution in [2.45, 2.75) is 6.42 Å². The van der Waals surface area contributed by atoms with Crippen LogP contribution in [0.2, 0.25) is 0 Å². The van der Waals surface area contributed by atoms with Crippen LogP contribution in [0.4, 0.5) is 10.1 Å². The zero-order valence-corrected chi connectivity index (χ0v) is 15.7. The summed E-state index contributed by atoms with van der Waals surface area (Å²) in [5, 5.41) is 2.60. The number of nitrogens with one attached hydrogen (secondary N) is 1. The normalized spacial score (nSPS) is 10.4. The second kappa shape index (κ2) is 8.47. The van der Waals surface area contributed by atoms with Crippen LogP contribution in [0.15, 0.2) is 52.9 Å². The van der Waals surface area contributed by atoms with Gasteiger partial charge in [-0.15, -0.1) is 0 Å². The van der Waals surface area contributed by atoms with Crippen LogP contribution in [0, 0.1) is 5.82 Å². The van der Waals surface area contributed by atoms with E-state index in [1.165, 1.54) is 19.2 Å². The first-order valence-corrected chi connectivity index (χ1v) is 8.48. The van der Waals surface area contributed by atoms with Gasteiger partial charge in [0.1, 0.15) is 17.3 Å². The summed E-state index contributed by atoms with van der Waals surface area (Å²) in [5.74, 6) is 1.15. The molecule has 0 bridgehead atoms. The highest BCUT2D eigenvalue weighted by Crippen LogP contribution is 2.27. The molecule has 0 spiro atoms. The van der Waals surface area contributed by atoms with E-state index >= 15 is 0 Å². The summed E-state index contributed by atoms with van der Waals surface area (Å²) in [5.41, 5.74) is 1.16. The summed E-state index contributed by atoms with van der Waals surface area (Å²) in [6.45, 7) is 0. The topological polar surface area (TPSA) is 69.9 Å². The molecule has 3 rings (SSSR count). The molecule has 0 unspecified atom stereocenters. The number of halogens is 1. The Kier molecular flexibility index (Phi) is 5.84. The third-order valence-electron chi connectivity index (χ3n) is 4.15. The molecule has 2 aromatic carbocycles. The average Bonchev–Trinajstić information content (AvgIpc) is 3.16. The fourth-order valence-corrected chi connectivity index (χ4v) is 2.74. The number of carbonyl (C=O) groups excluding carboxylic acids is 1. The highest BCUT2D eigenvalue weighted by molar-refractivity contribution is 6.02. The van der Waals surface area contributed by atoms with E-state index in [0.29, 0.717) is 29.4 Å². The van der Waals surface area contributed by atoms with Crippen molar-refractivity contribution >= 4 is 11.6 Å². The van der Waals surface area contributed by atoms with Gasteiger partial charge in [-0.3, -0.25) is 4.79 Å². The molecule has 28 heavy (non-hydrogen) atoms. The van der Waals surface area contributed by atoms with Crippen LogP contribution in [0.25, 0.3) is 0 Å². The van der Waals surface area contributed by atoms with Gasteiger partial charge in [0.05, 0.1) is 21.3 Å². The monoisotopic (exact) mass is 385 g/mol. The molecule has 1 amide bonds. The lowest BCUT2D eigenvalue weighted by Crippen LogP contribution is -2.11. The second-order valence-electron chi connectivity index (χ2n) is 5.92. The molecule has 146 valence electrons. The third-order valence-corrected chi connectivity index (χ3v) is 4.15. The molecule has 1 aromatic heterocycles. The Morgan fingerprint density at radius 3 is 2.39 bits per heavy atom. The maximum Gasteiger partial charge on any atom is 0.291 e. The van der Waals surface area contributed by atoms with Crippen molar-refractivity contribution in [3.05, 3.63) is 71.4 Å². The van der Waals surface area contributed by atoms with Crippen LogP contribution in [-0.2, 0) is 6.42 Å². The number of ether oxygens (including phenoxy) is 3. The van der Waals surface area contributed by atoms with Crippen LogP contribution in [-0.4, -0.2) is 27.2 Å². The molecule has 0 fully saturated rings. The molecule has 0 radical (unpaired) electrons. The summed E-state index contributed by atoms with van der Waals surface area (Å²) in [7, 11) is 4.54. The predicted molar refractivity (Wildman–Crippen MR) is 102 cm³/mol. The zero-order valence-electron chi connectivity index (χ0n) is 15.7. The van der Waals surface area contributed by atoms with E-state index in [9.17, 15) is 9.18 Å². The largest absolute Gasteiger partial charge is 0.497 e. The lowest BCUT2D eigenvalue weighted by atomic mass is 10.1. The maximum absolute atomic E-state index is 13.8. The highest BCUT2D eigenvalue weighted by atomic mass is 19.1. The Hall–Kier alpha value is -3.48. The standard InChI is InChI=1S/C21H20FNO5/c1-25-15-5-8-18(26-2)13(10-15)11-16-6-9-20(28-16)21(24)23-14-4-7-19(27-3)17(22)12-14/h4-10,12H,11H2,1-3H3,(H,23,24). The third kappa shape index (κ3) is 4.25. The molecular weight excluding hydrogens is 365 g/mol. The molecule has 1 heterocycles. The average molecular weight is 385 g/mol. The van der Waals surface area contributed by atoms with Crippen molar-refractivity contribution in [1.29, 1.82) is 0 Å². The summed E-state index contributed by atoms with van der Waals surface area (Å²) < 4.78 is 34.9. The van der Waals surface area contributed by atoms with Gasteiger partial charge in [0.15, 0.2) is 17.3 Å². The van der Waals surface area contributed by atoms with Gasteiger partial charge >= 0.3 is 0 Å². The predicted octanol–water partition coefficient (Wildman–Crippen LogP) is 4.29. The molecule has 0 saturated heterocycles. The fourth-order valence-electron chi connectivity index (χ4n) is 2.74. The minimum Gasteiger partial charge on any atom is -0.497 e. The number of carbonyl (C=O) groups is 1. The Morgan fingerprint density at radius 2 is 1.71 bits per heavy atom. The van der Waals surface area contributed by atoms with Crippen LogP contribution in [0.1, 0.15) is 21.9 Å². The van der Waals surface area contributed by atoms with Crippen LogP contribution >= 0.6 is 0 Å². The Bertz CT molecular complexity index is 983. The Morgan fingerprint density at radius 1 is 0.964 bits per heavy atom. The number of amides is 1. The molecule has 0 atom stereocenters. The number of furan rings is 1. The molecule has 7 heteroatoms. The van der Waals surface area contributed by atoms with E-state index in [2.05, 4.69) is 5.32 Å². The number of hydrogen-bond donors (Lipinski definition) is 1. The quantitative estimate of drug-likeness (QED) is 0.657. The van der Waals surface area contributed by atoms with Gasteiger partial charge in [-0.05, 0) is 42.5 Å². The highest BCUT2D eigenvalue weighted by Gasteiger charge is 2.15. The minimum atomic E-state index is -0.564. The molecule has 0 aliphatic rings. The smallest absolute Gasteiger partial charge is 0.291 e. The van der Waals surface area contributed by atoms with E-state index in [-0.39, 0.29) is 11.5 Å². The first-order valence-electron chi connectivity index (χ1n) is 8.48. The molecular formula is C21H20FNO5. The molecule has 3 aromatic rings. The summed E-state index contributed by atoms with van der Waals surface area (Å²) in [6.07, 6.45) is 0.421. The zero-order chi connectivity index (χ0) is 20.1. The molecule has 0 aliphatic heterocycles. The van der Waals surface area contributed by atoms with E-state index in [1.54, 1.807) is 38.5 Å². The number of hydrogen-bond acceptors (Lipinski definition) is 5. The first-order chi connectivity index (χ1) is 13.5. The van der Waals surface area contributed by atoms with E-state index in [1.807, 2.05) is 12.1 Å². The summed E-state index contributed by atoms with van der Waals surface area (Å²) in [4.78, 5) is 12.4. The van der Waals surface area contributed by atoms with Crippen molar-refractivity contribution in [2.24, 2.45) is 0 Å². The molecule has 6 nitrogen and oxygen atoms in total. The van der Waals surface area contributed by atoms with Gasteiger partial charge in [-0.2, -0.15) is 0 Å². The van der Waals surface area contributed by atoms with Gasteiger partial charge < -0.3 is 23.9 Å². The fraction of sp³-hybridized carbons (Fsp3) is 0.190. The summed E-state index contributed by atoms with van der Waals surface area (Å²) in [6, 6.07) is 12.9. The number of anilines is 1. The van der Waals surface area contributed by atoms with Gasteiger partial charge in [0.2, 0.25) is 0 Å². The van der Waals surface area contributed by atoms with Crippen molar-refractivity contribution in [2.75, 3.05) is 26.6 Å². The van der Waals surface area contributed by atoms with E-state index < -0.39 is 11.7 Å².